The lowest BCUT2D eigenvalue weighted by molar-refractivity contribution is -0.134. The molecule has 2 heterocycles. The second kappa shape index (κ2) is 10.4. The van der Waals surface area contributed by atoms with Crippen LogP contribution in [0.4, 0.5) is 15.2 Å². The van der Waals surface area contributed by atoms with Gasteiger partial charge in [-0.25, -0.2) is 12.8 Å². The van der Waals surface area contributed by atoms with Crippen LogP contribution in [0.2, 0.25) is 0 Å². The summed E-state index contributed by atoms with van der Waals surface area (Å²) < 4.78 is 36.8. The molecule has 31 heavy (non-hydrogen) atoms. The van der Waals surface area contributed by atoms with Crippen LogP contribution in [0.25, 0.3) is 0 Å². The van der Waals surface area contributed by atoms with Crippen LogP contribution in [-0.2, 0) is 19.4 Å². The van der Waals surface area contributed by atoms with Gasteiger partial charge < -0.3 is 15.5 Å². The third-order valence-corrected chi connectivity index (χ3v) is 8.19. The lowest BCUT2D eigenvalue weighted by Crippen LogP contribution is -2.45. The van der Waals surface area contributed by atoms with Crippen LogP contribution in [0.15, 0.2) is 28.6 Å². The average Bonchev–Trinajstić information content (AvgIpc) is 3.29. The van der Waals surface area contributed by atoms with Crippen LogP contribution in [0, 0.1) is 5.82 Å². The summed E-state index contributed by atoms with van der Waals surface area (Å²) >= 11 is 2.43. The van der Waals surface area contributed by atoms with E-state index in [1.807, 2.05) is 0 Å². The molecule has 0 saturated carbocycles. The lowest BCUT2D eigenvalue weighted by Gasteiger charge is -2.21. The van der Waals surface area contributed by atoms with Crippen molar-refractivity contribution < 1.29 is 22.4 Å². The largest absolute Gasteiger partial charge is 0.351 e. The van der Waals surface area contributed by atoms with E-state index in [2.05, 4.69) is 20.8 Å². The van der Waals surface area contributed by atoms with Gasteiger partial charge in [0.2, 0.25) is 16.9 Å². The predicted molar refractivity (Wildman–Crippen MR) is 118 cm³/mol. The molecule has 2 amide bonds. The molecular formula is C18H22FN5O4S3. The van der Waals surface area contributed by atoms with Crippen LogP contribution in [0.3, 0.4) is 0 Å². The molecule has 1 saturated heterocycles. The first-order valence-corrected chi connectivity index (χ1v) is 13.1. The first-order chi connectivity index (χ1) is 14.7. The maximum atomic E-state index is 13.3. The Balaban J connectivity index is 1.46. The van der Waals surface area contributed by atoms with Crippen molar-refractivity contribution in [1.82, 2.24) is 20.4 Å². The molecule has 0 bridgehead atoms. The van der Waals surface area contributed by atoms with Crippen molar-refractivity contribution in [3.8, 4) is 0 Å². The predicted octanol–water partition coefficient (Wildman–Crippen LogP) is 1.66. The van der Waals surface area contributed by atoms with Gasteiger partial charge in [0.05, 0.1) is 23.8 Å². The molecule has 1 aliphatic rings. The lowest BCUT2D eigenvalue weighted by atomic mass is 10.2. The summed E-state index contributed by atoms with van der Waals surface area (Å²) in [6.45, 7) is 1.98. The van der Waals surface area contributed by atoms with Gasteiger partial charge in [0.15, 0.2) is 14.2 Å². The molecule has 0 radical (unpaired) electrons. The van der Waals surface area contributed by atoms with Crippen molar-refractivity contribution in [2.45, 2.75) is 23.7 Å². The van der Waals surface area contributed by atoms with Crippen LogP contribution in [0.5, 0.6) is 0 Å². The number of sulfone groups is 1. The van der Waals surface area contributed by atoms with Crippen molar-refractivity contribution in [2.75, 3.05) is 35.7 Å². The zero-order chi connectivity index (χ0) is 22.4. The standard InChI is InChI=1S/C18H22FN5O4S3/c1-2-24(9-15(25)20-14-6-7-31(27,28)11-14)16(26)10-29-18-23-22-17(30-18)21-13-5-3-4-12(19)8-13/h3-5,8,14H,2,6-7,9-11H2,1H3,(H,20,25)(H,21,22). The Labute approximate surface area is 187 Å². The van der Waals surface area contributed by atoms with Crippen LogP contribution in [0.1, 0.15) is 13.3 Å². The fourth-order valence-electron chi connectivity index (χ4n) is 2.95. The number of nitrogens with one attached hydrogen (secondary N) is 2. The van der Waals surface area contributed by atoms with Crippen molar-refractivity contribution in [3.63, 3.8) is 0 Å². The van der Waals surface area contributed by atoms with E-state index >= 15 is 0 Å². The highest BCUT2D eigenvalue weighted by Crippen LogP contribution is 2.28. The van der Waals surface area contributed by atoms with E-state index < -0.39 is 15.9 Å². The Kier molecular flexibility index (Phi) is 7.84. The summed E-state index contributed by atoms with van der Waals surface area (Å²) in [5, 5.41) is 14.1. The quantitative estimate of drug-likeness (QED) is 0.513. The molecule has 1 unspecified atom stereocenters. The number of carbonyl (C=O) groups excluding carboxylic acids is 2. The summed E-state index contributed by atoms with van der Waals surface area (Å²) in [7, 11) is -3.08. The SMILES string of the molecule is CCN(CC(=O)NC1CCS(=O)(=O)C1)C(=O)CSc1nnc(Nc2cccc(F)c2)s1. The van der Waals surface area contributed by atoms with E-state index in [1.54, 1.807) is 19.1 Å². The van der Waals surface area contributed by atoms with E-state index in [4.69, 9.17) is 0 Å². The van der Waals surface area contributed by atoms with Gasteiger partial charge in [0.1, 0.15) is 5.82 Å². The highest BCUT2D eigenvalue weighted by Gasteiger charge is 2.29. The second-order valence-electron chi connectivity index (χ2n) is 6.87. The molecule has 2 aromatic rings. The average molecular weight is 488 g/mol. The normalized spacial score (nSPS) is 17.3. The van der Waals surface area contributed by atoms with Crippen molar-refractivity contribution in [1.29, 1.82) is 0 Å². The second-order valence-corrected chi connectivity index (χ2v) is 11.3. The number of hydrogen-bond acceptors (Lipinski definition) is 9. The van der Waals surface area contributed by atoms with Gasteiger partial charge >= 0.3 is 0 Å². The van der Waals surface area contributed by atoms with Gasteiger partial charge in [-0.1, -0.05) is 29.2 Å². The van der Waals surface area contributed by atoms with E-state index in [1.165, 1.54) is 40.1 Å². The fourth-order valence-corrected chi connectivity index (χ4v) is 6.30. The molecule has 13 heteroatoms. The zero-order valence-electron chi connectivity index (χ0n) is 16.7. The number of halogens is 1. The van der Waals surface area contributed by atoms with Crippen molar-refractivity contribution in [2.24, 2.45) is 0 Å². The van der Waals surface area contributed by atoms with Gasteiger partial charge in [0.25, 0.3) is 0 Å². The van der Waals surface area contributed by atoms with Gasteiger partial charge in [0, 0.05) is 18.3 Å². The third kappa shape index (κ3) is 7.14. The van der Waals surface area contributed by atoms with E-state index in [9.17, 15) is 22.4 Å². The molecule has 0 aliphatic carbocycles. The molecule has 1 aromatic heterocycles. The molecular weight excluding hydrogens is 465 g/mol. The molecule has 1 aromatic carbocycles. The Hall–Kier alpha value is -2.25. The van der Waals surface area contributed by atoms with E-state index in [-0.39, 0.29) is 41.4 Å². The van der Waals surface area contributed by atoms with Gasteiger partial charge in [-0.2, -0.15) is 0 Å². The summed E-state index contributed by atoms with van der Waals surface area (Å²) in [5.41, 5.74) is 0.544. The maximum absolute atomic E-state index is 13.3. The smallest absolute Gasteiger partial charge is 0.239 e. The molecule has 168 valence electrons. The number of likely N-dealkylation sites (N-methyl/N-ethyl adjacent to an activating group) is 1. The first kappa shape index (κ1) is 23.4. The highest BCUT2D eigenvalue weighted by atomic mass is 32.2. The number of thioether (sulfide) groups is 1. The Morgan fingerprint density at radius 2 is 2.16 bits per heavy atom. The van der Waals surface area contributed by atoms with Crippen molar-refractivity contribution >= 4 is 55.6 Å². The molecule has 1 atom stereocenters. The number of rotatable bonds is 9. The number of hydrogen-bond donors (Lipinski definition) is 2. The molecule has 1 fully saturated rings. The molecule has 1 aliphatic heterocycles. The van der Waals surface area contributed by atoms with Crippen molar-refractivity contribution in [3.05, 3.63) is 30.1 Å². The number of anilines is 2. The van der Waals surface area contributed by atoms with Crippen LogP contribution >= 0.6 is 23.1 Å². The zero-order valence-corrected chi connectivity index (χ0v) is 19.2. The molecule has 2 N–H and O–H groups in total. The minimum atomic E-state index is -3.08. The topological polar surface area (TPSA) is 121 Å². The number of benzene rings is 1. The molecule has 3 rings (SSSR count). The number of nitrogens with zero attached hydrogens (tertiary/aromatic N) is 3. The number of aromatic nitrogens is 2. The number of amides is 2. The minimum Gasteiger partial charge on any atom is -0.351 e. The summed E-state index contributed by atoms with van der Waals surface area (Å²) in [4.78, 5) is 26.1. The van der Waals surface area contributed by atoms with Crippen LogP contribution < -0.4 is 10.6 Å². The minimum absolute atomic E-state index is 0.0578. The summed E-state index contributed by atoms with van der Waals surface area (Å²) in [6.07, 6.45) is 0.396. The highest BCUT2D eigenvalue weighted by molar-refractivity contribution is 8.01. The first-order valence-electron chi connectivity index (χ1n) is 9.50. The van der Waals surface area contributed by atoms with Crippen LogP contribution in [-0.4, -0.2) is 71.7 Å². The van der Waals surface area contributed by atoms with Gasteiger partial charge in [-0.05, 0) is 31.5 Å². The molecule has 0 spiro atoms. The van der Waals surface area contributed by atoms with E-state index in [0.717, 1.165) is 0 Å². The van der Waals surface area contributed by atoms with E-state index in [0.29, 0.717) is 28.1 Å². The Morgan fingerprint density at radius 3 is 2.84 bits per heavy atom. The summed E-state index contributed by atoms with van der Waals surface area (Å²) in [5.74, 6) is -0.891. The Morgan fingerprint density at radius 1 is 1.35 bits per heavy atom. The summed E-state index contributed by atoms with van der Waals surface area (Å²) in [6, 6.07) is 5.56. The van der Waals surface area contributed by atoms with Gasteiger partial charge in [-0.15, -0.1) is 10.2 Å². The Bertz CT molecular complexity index is 1050. The fraction of sp³-hybridized carbons (Fsp3) is 0.444. The number of carbonyl (C=O) groups is 2. The maximum Gasteiger partial charge on any atom is 0.239 e. The van der Waals surface area contributed by atoms with Gasteiger partial charge in [-0.3, -0.25) is 9.59 Å². The monoisotopic (exact) mass is 487 g/mol. The molecule has 9 nitrogen and oxygen atoms in total. The third-order valence-electron chi connectivity index (χ3n) is 4.47.